The van der Waals surface area contributed by atoms with E-state index < -0.39 is 0 Å². The van der Waals surface area contributed by atoms with Crippen molar-refractivity contribution in [1.82, 2.24) is 5.32 Å². The van der Waals surface area contributed by atoms with Gasteiger partial charge in [-0.05, 0) is 29.8 Å². The Bertz CT molecular complexity index is 614. The molecular weight excluding hydrogens is 268 g/mol. The Balaban J connectivity index is 1.81. The molecule has 3 N–H and O–H groups in total. The lowest BCUT2D eigenvalue weighted by Crippen LogP contribution is -2.28. The molecule has 0 atom stereocenters. The van der Waals surface area contributed by atoms with Crippen LogP contribution in [0, 0.1) is 0 Å². The normalized spacial score (nSPS) is 9.95. The van der Waals surface area contributed by atoms with E-state index in [1.54, 1.807) is 25.3 Å². The molecule has 0 unspecified atom stereocenters. The summed E-state index contributed by atoms with van der Waals surface area (Å²) < 4.78 is 10.5. The number of carbonyl (C=O) groups is 1. The van der Waals surface area contributed by atoms with Crippen molar-refractivity contribution in [3.05, 3.63) is 54.1 Å². The summed E-state index contributed by atoms with van der Waals surface area (Å²) in [5.74, 6) is 1.06. The Morgan fingerprint density at radius 1 is 1.19 bits per heavy atom. The van der Waals surface area contributed by atoms with Crippen molar-refractivity contribution in [3.8, 4) is 11.5 Å². The first-order chi connectivity index (χ1) is 10.2. The molecular formula is C16H18N2O3. The highest BCUT2D eigenvalue weighted by Crippen LogP contribution is 2.19. The Hall–Kier alpha value is -2.69. The first-order valence-corrected chi connectivity index (χ1v) is 6.56. The first-order valence-electron chi connectivity index (χ1n) is 6.56. The van der Waals surface area contributed by atoms with Gasteiger partial charge in [-0.2, -0.15) is 0 Å². The van der Waals surface area contributed by atoms with Crippen LogP contribution in [0.25, 0.3) is 0 Å². The quantitative estimate of drug-likeness (QED) is 0.796. The molecule has 2 aromatic rings. The van der Waals surface area contributed by atoms with Crippen LogP contribution in [0.4, 0.5) is 5.69 Å². The molecule has 0 aliphatic heterocycles. The lowest BCUT2D eigenvalue weighted by Gasteiger charge is -2.09. The number of nitrogens with one attached hydrogen (secondary N) is 1. The van der Waals surface area contributed by atoms with Gasteiger partial charge in [-0.1, -0.05) is 24.3 Å². The summed E-state index contributed by atoms with van der Waals surface area (Å²) in [7, 11) is 1.61. The Morgan fingerprint density at radius 3 is 2.76 bits per heavy atom. The van der Waals surface area contributed by atoms with Gasteiger partial charge in [0.2, 0.25) is 0 Å². The van der Waals surface area contributed by atoms with Crippen molar-refractivity contribution in [2.24, 2.45) is 0 Å². The number of hydrogen-bond acceptors (Lipinski definition) is 4. The fraction of sp³-hybridized carbons (Fsp3) is 0.188. The zero-order chi connectivity index (χ0) is 15.1. The Morgan fingerprint density at radius 2 is 2.00 bits per heavy atom. The molecule has 0 radical (unpaired) electrons. The van der Waals surface area contributed by atoms with E-state index in [2.05, 4.69) is 5.32 Å². The minimum Gasteiger partial charge on any atom is -0.497 e. The third kappa shape index (κ3) is 4.42. The second-order valence-electron chi connectivity index (χ2n) is 4.45. The Labute approximate surface area is 123 Å². The monoisotopic (exact) mass is 286 g/mol. The number of benzene rings is 2. The summed E-state index contributed by atoms with van der Waals surface area (Å²) in [5, 5.41) is 2.78. The second-order valence-corrected chi connectivity index (χ2v) is 4.45. The van der Waals surface area contributed by atoms with Crippen molar-refractivity contribution >= 4 is 11.6 Å². The lowest BCUT2D eigenvalue weighted by molar-refractivity contribution is -0.123. The van der Waals surface area contributed by atoms with Crippen LogP contribution in [-0.4, -0.2) is 19.6 Å². The van der Waals surface area contributed by atoms with Crippen LogP contribution in [0.5, 0.6) is 11.5 Å². The van der Waals surface area contributed by atoms with Gasteiger partial charge in [0, 0.05) is 6.54 Å². The topological polar surface area (TPSA) is 73.6 Å². The van der Waals surface area contributed by atoms with E-state index in [1.165, 1.54) is 0 Å². The number of nitrogen functional groups attached to an aromatic ring is 1. The lowest BCUT2D eigenvalue weighted by atomic mass is 10.2. The molecule has 0 saturated carbocycles. The molecule has 0 bridgehead atoms. The molecule has 0 fully saturated rings. The minimum absolute atomic E-state index is 0.0712. The highest BCUT2D eigenvalue weighted by Gasteiger charge is 2.05. The summed E-state index contributed by atoms with van der Waals surface area (Å²) in [4.78, 5) is 11.7. The van der Waals surface area contributed by atoms with Gasteiger partial charge in [0.1, 0.15) is 11.5 Å². The van der Waals surface area contributed by atoms with E-state index >= 15 is 0 Å². The van der Waals surface area contributed by atoms with Crippen molar-refractivity contribution in [2.45, 2.75) is 6.54 Å². The van der Waals surface area contributed by atoms with E-state index in [-0.39, 0.29) is 12.5 Å². The molecule has 0 spiro atoms. The smallest absolute Gasteiger partial charge is 0.258 e. The van der Waals surface area contributed by atoms with Crippen LogP contribution in [0.3, 0.4) is 0 Å². The number of rotatable bonds is 6. The fourth-order valence-electron chi connectivity index (χ4n) is 1.79. The molecule has 21 heavy (non-hydrogen) atoms. The summed E-state index contributed by atoms with van der Waals surface area (Å²) in [6, 6.07) is 14.6. The maximum atomic E-state index is 11.7. The van der Waals surface area contributed by atoms with Gasteiger partial charge >= 0.3 is 0 Å². The zero-order valence-electron chi connectivity index (χ0n) is 11.8. The van der Waals surface area contributed by atoms with Crippen molar-refractivity contribution in [3.63, 3.8) is 0 Å². The van der Waals surface area contributed by atoms with Gasteiger partial charge in [0.15, 0.2) is 6.61 Å². The number of para-hydroxylation sites is 2. The van der Waals surface area contributed by atoms with Gasteiger partial charge in [-0.15, -0.1) is 0 Å². The number of methoxy groups -OCH3 is 1. The molecule has 5 heteroatoms. The average Bonchev–Trinajstić information content (AvgIpc) is 2.52. The number of hydrogen-bond donors (Lipinski definition) is 2. The van der Waals surface area contributed by atoms with Crippen LogP contribution in [0.15, 0.2) is 48.5 Å². The summed E-state index contributed by atoms with van der Waals surface area (Å²) in [6.45, 7) is 0.349. The van der Waals surface area contributed by atoms with Crippen molar-refractivity contribution in [1.29, 1.82) is 0 Å². The third-order valence-corrected chi connectivity index (χ3v) is 2.90. The van der Waals surface area contributed by atoms with E-state index in [4.69, 9.17) is 15.2 Å². The second kappa shape index (κ2) is 7.19. The van der Waals surface area contributed by atoms with Gasteiger partial charge in [0.25, 0.3) is 5.91 Å². The van der Waals surface area contributed by atoms with Crippen LogP contribution in [-0.2, 0) is 11.3 Å². The van der Waals surface area contributed by atoms with Crippen molar-refractivity contribution < 1.29 is 14.3 Å². The van der Waals surface area contributed by atoms with E-state index in [9.17, 15) is 4.79 Å². The van der Waals surface area contributed by atoms with Crippen LogP contribution in [0.1, 0.15) is 5.56 Å². The molecule has 0 heterocycles. The Kier molecular flexibility index (Phi) is 5.04. The molecule has 0 aromatic heterocycles. The highest BCUT2D eigenvalue weighted by atomic mass is 16.5. The molecule has 0 aliphatic rings. The standard InChI is InChI=1S/C16H18N2O3/c1-20-13-6-4-5-12(9-13)10-18-16(19)11-21-15-8-3-2-7-14(15)17/h2-9H,10-11,17H2,1H3,(H,18,19). The molecule has 2 aromatic carbocycles. The first kappa shape index (κ1) is 14.7. The maximum absolute atomic E-state index is 11.7. The third-order valence-electron chi connectivity index (χ3n) is 2.90. The number of nitrogens with two attached hydrogens (primary N) is 1. The maximum Gasteiger partial charge on any atom is 0.258 e. The predicted octanol–water partition coefficient (Wildman–Crippen LogP) is 1.97. The van der Waals surface area contributed by atoms with Gasteiger partial charge in [-0.3, -0.25) is 4.79 Å². The van der Waals surface area contributed by atoms with Crippen molar-refractivity contribution in [2.75, 3.05) is 19.5 Å². The number of amides is 1. The van der Waals surface area contributed by atoms with Crippen LogP contribution < -0.4 is 20.5 Å². The van der Waals surface area contributed by atoms with Gasteiger partial charge < -0.3 is 20.5 Å². The highest BCUT2D eigenvalue weighted by molar-refractivity contribution is 5.77. The number of carbonyl (C=O) groups excluding carboxylic acids is 1. The summed E-state index contributed by atoms with van der Waals surface area (Å²) >= 11 is 0. The van der Waals surface area contributed by atoms with Crippen LogP contribution in [0.2, 0.25) is 0 Å². The largest absolute Gasteiger partial charge is 0.497 e. The van der Waals surface area contributed by atoms with E-state index in [1.807, 2.05) is 30.3 Å². The van der Waals surface area contributed by atoms with Crippen LogP contribution >= 0.6 is 0 Å². The van der Waals surface area contributed by atoms with E-state index in [0.717, 1.165) is 11.3 Å². The molecule has 110 valence electrons. The molecule has 5 nitrogen and oxygen atoms in total. The van der Waals surface area contributed by atoms with Gasteiger partial charge in [0.05, 0.1) is 12.8 Å². The fourth-order valence-corrected chi connectivity index (χ4v) is 1.79. The molecule has 0 aliphatic carbocycles. The summed E-state index contributed by atoms with van der Waals surface area (Å²) in [6.07, 6.45) is 0. The van der Waals surface area contributed by atoms with E-state index in [0.29, 0.717) is 18.0 Å². The molecule has 2 rings (SSSR count). The van der Waals surface area contributed by atoms with Gasteiger partial charge in [-0.25, -0.2) is 0 Å². The summed E-state index contributed by atoms with van der Waals surface area (Å²) in [5.41, 5.74) is 7.21. The molecule has 0 saturated heterocycles. The number of anilines is 1. The average molecular weight is 286 g/mol. The predicted molar refractivity (Wildman–Crippen MR) is 81.2 cm³/mol. The SMILES string of the molecule is COc1cccc(CNC(=O)COc2ccccc2N)c1. The number of ether oxygens (including phenoxy) is 2. The minimum atomic E-state index is -0.207. The zero-order valence-corrected chi connectivity index (χ0v) is 11.8. The molecule has 1 amide bonds.